The van der Waals surface area contributed by atoms with E-state index in [2.05, 4.69) is 11.4 Å². The zero-order valence-corrected chi connectivity index (χ0v) is 11.6. The van der Waals surface area contributed by atoms with E-state index in [4.69, 9.17) is 5.73 Å². The normalized spacial score (nSPS) is 21.2. The van der Waals surface area contributed by atoms with Crippen molar-refractivity contribution in [1.82, 2.24) is 9.88 Å². The van der Waals surface area contributed by atoms with Crippen LogP contribution in [0.5, 0.6) is 0 Å². The fourth-order valence-corrected chi connectivity index (χ4v) is 3.13. The summed E-state index contributed by atoms with van der Waals surface area (Å²) in [4.78, 5) is 6.18. The van der Waals surface area contributed by atoms with Gasteiger partial charge in [0.2, 0.25) is 0 Å². The number of nitrogens with two attached hydrogens (primary N) is 1. The van der Waals surface area contributed by atoms with Gasteiger partial charge in [0.1, 0.15) is 12.0 Å². The topological polar surface area (TPSA) is 62.4 Å². The maximum absolute atomic E-state index is 13.3. The van der Waals surface area contributed by atoms with Gasteiger partial charge in [0.05, 0.1) is 11.7 Å². The number of rotatable bonds is 3. The quantitative estimate of drug-likeness (QED) is 0.912. The minimum atomic E-state index is -0.850. The molecule has 2 atom stereocenters. The van der Waals surface area contributed by atoms with Crippen molar-refractivity contribution in [2.75, 3.05) is 12.3 Å². The summed E-state index contributed by atoms with van der Waals surface area (Å²) in [7, 11) is 0. The number of nitrogen functional groups attached to an aromatic ring is 1. The van der Waals surface area contributed by atoms with E-state index in [1.54, 1.807) is 12.1 Å². The number of hydrogen-bond acceptors (Lipinski definition) is 5. The zero-order valence-electron chi connectivity index (χ0n) is 10.7. The van der Waals surface area contributed by atoms with Gasteiger partial charge in [0, 0.05) is 11.9 Å². The summed E-state index contributed by atoms with van der Waals surface area (Å²) in [6.45, 7) is 0.639. The molecule has 1 aliphatic rings. The highest BCUT2D eigenvalue weighted by molar-refractivity contribution is 7.13. The number of anilines is 1. The predicted molar refractivity (Wildman–Crippen MR) is 76.3 cm³/mol. The Morgan fingerprint density at radius 3 is 3.05 bits per heavy atom. The van der Waals surface area contributed by atoms with Gasteiger partial charge in [-0.25, -0.2) is 9.37 Å². The van der Waals surface area contributed by atoms with E-state index in [0.29, 0.717) is 17.2 Å². The Bertz CT molecular complexity index is 604. The number of thiazole rings is 1. The van der Waals surface area contributed by atoms with Crippen molar-refractivity contribution in [3.05, 3.63) is 53.1 Å². The Balaban J connectivity index is 1.85. The molecule has 1 fully saturated rings. The highest BCUT2D eigenvalue weighted by Gasteiger charge is 2.33. The molecule has 2 aromatic rings. The molecular formula is C14H15FN3OS. The average Bonchev–Trinajstić information content (AvgIpc) is 3.06. The summed E-state index contributed by atoms with van der Waals surface area (Å²) in [6, 6.07) is 6.03. The number of aliphatic hydroxyl groups is 1. The fourth-order valence-electron chi connectivity index (χ4n) is 2.52. The van der Waals surface area contributed by atoms with Crippen molar-refractivity contribution in [2.24, 2.45) is 0 Å². The number of aliphatic hydroxyl groups excluding tert-OH is 1. The second kappa shape index (κ2) is 5.47. The standard InChI is InChI=1S/C14H15FN3OS/c15-10-4-1-3-9(7-10)13(19)18-6-2-5-12(18)11-8-20-14(16)17-11/h1-4,7-8,12-13,19H,5-6H2,(H2,16,17)/t12?,13-/m1/s1. The van der Waals surface area contributed by atoms with Gasteiger partial charge in [0.15, 0.2) is 5.13 Å². The summed E-state index contributed by atoms with van der Waals surface area (Å²) in [5.41, 5.74) is 7.07. The zero-order chi connectivity index (χ0) is 14.1. The van der Waals surface area contributed by atoms with Crippen molar-refractivity contribution in [2.45, 2.75) is 18.7 Å². The van der Waals surface area contributed by atoms with Gasteiger partial charge in [-0.3, -0.25) is 4.90 Å². The van der Waals surface area contributed by atoms with Crippen LogP contribution in [0.1, 0.15) is 29.9 Å². The monoisotopic (exact) mass is 292 g/mol. The largest absolute Gasteiger partial charge is 0.375 e. The molecule has 0 amide bonds. The molecule has 1 unspecified atom stereocenters. The van der Waals surface area contributed by atoms with Crippen molar-refractivity contribution in [1.29, 1.82) is 0 Å². The van der Waals surface area contributed by atoms with Crippen molar-refractivity contribution < 1.29 is 9.50 Å². The highest BCUT2D eigenvalue weighted by Crippen LogP contribution is 2.37. The van der Waals surface area contributed by atoms with Crippen LogP contribution >= 0.6 is 11.3 Å². The molecular weight excluding hydrogens is 277 g/mol. The molecule has 0 spiro atoms. The van der Waals surface area contributed by atoms with Gasteiger partial charge >= 0.3 is 0 Å². The van der Waals surface area contributed by atoms with Crippen LogP contribution in [0.4, 0.5) is 9.52 Å². The first-order valence-corrected chi connectivity index (χ1v) is 7.25. The van der Waals surface area contributed by atoms with Crippen LogP contribution in [0.15, 0.2) is 29.6 Å². The van der Waals surface area contributed by atoms with E-state index in [1.165, 1.54) is 23.5 Å². The van der Waals surface area contributed by atoms with Crippen LogP contribution in [0.2, 0.25) is 0 Å². The molecule has 4 nitrogen and oxygen atoms in total. The maximum Gasteiger partial charge on any atom is 0.180 e. The first-order chi connectivity index (χ1) is 9.65. The molecule has 1 radical (unpaired) electrons. The third-order valence-corrected chi connectivity index (χ3v) is 4.16. The number of benzene rings is 1. The van der Waals surface area contributed by atoms with E-state index < -0.39 is 6.23 Å². The lowest BCUT2D eigenvalue weighted by molar-refractivity contribution is -0.00781. The van der Waals surface area contributed by atoms with E-state index >= 15 is 0 Å². The summed E-state index contributed by atoms with van der Waals surface area (Å²) >= 11 is 1.39. The van der Waals surface area contributed by atoms with Crippen molar-refractivity contribution in [3.8, 4) is 0 Å². The fraction of sp³-hybridized carbons (Fsp3) is 0.286. The van der Waals surface area contributed by atoms with E-state index in [-0.39, 0.29) is 11.9 Å². The molecule has 1 aliphatic heterocycles. The molecule has 2 heterocycles. The Kier molecular flexibility index (Phi) is 3.69. The van der Waals surface area contributed by atoms with E-state index in [1.807, 2.05) is 10.3 Å². The molecule has 1 aromatic heterocycles. The van der Waals surface area contributed by atoms with Gasteiger partial charge < -0.3 is 10.8 Å². The Morgan fingerprint density at radius 2 is 2.35 bits per heavy atom. The molecule has 1 saturated heterocycles. The molecule has 1 aromatic carbocycles. The summed E-state index contributed by atoms with van der Waals surface area (Å²) in [5.74, 6) is -0.348. The lowest BCUT2D eigenvalue weighted by Crippen LogP contribution is -2.28. The summed E-state index contributed by atoms with van der Waals surface area (Å²) < 4.78 is 13.3. The Hall–Kier alpha value is -1.50. The second-order valence-corrected chi connectivity index (χ2v) is 5.67. The van der Waals surface area contributed by atoms with Gasteiger partial charge in [0.25, 0.3) is 0 Å². The van der Waals surface area contributed by atoms with Gasteiger partial charge in [-0.2, -0.15) is 0 Å². The van der Waals surface area contributed by atoms with Gasteiger partial charge in [-0.15, -0.1) is 11.3 Å². The Labute approximate surface area is 120 Å². The molecule has 0 bridgehead atoms. The van der Waals surface area contributed by atoms with E-state index in [9.17, 15) is 9.50 Å². The first kappa shape index (κ1) is 13.5. The molecule has 0 aliphatic carbocycles. The minimum Gasteiger partial charge on any atom is -0.375 e. The molecule has 3 N–H and O–H groups in total. The third kappa shape index (κ3) is 2.54. The number of hydrogen-bond donors (Lipinski definition) is 2. The lowest BCUT2D eigenvalue weighted by Gasteiger charge is -2.28. The number of halogens is 1. The summed E-state index contributed by atoms with van der Waals surface area (Å²) in [6.07, 6.45) is 2.04. The highest BCUT2D eigenvalue weighted by atomic mass is 32.1. The second-order valence-electron chi connectivity index (χ2n) is 4.78. The molecule has 0 saturated carbocycles. The summed E-state index contributed by atoms with van der Waals surface area (Å²) in [5, 5.41) is 12.9. The van der Waals surface area contributed by atoms with Gasteiger partial charge in [-0.05, 0) is 30.5 Å². The van der Waals surface area contributed by atoms with Crippen molar-refractivity contribution in [3.63, 3.8) is 0 Å². The molecule has 20 heavy (non-hydrogen) atoms. The van der Waals surface area contributed by atoms with Crippen LogP contribution in [0.25, 0.3) is 0 Å². The van der Waals surface area contributed by atoms with Crippen LogP contribution in [-0.4, -0.2) is 21.5 Å². The van der Waals surface area contributed by atoms with Crippen LogP contribution in [0, 0.1) is 12.2 Å². The number of nitrogens with zero attached hydrogens (tertiary/aromatic N) is 2. The molecule has 105 valence electrons. The maximum atomic E-state index is 13.3. The van der Waals surface area contributed by atoms with Crippen molar-refractivity contribution >= 4 is 16.5 Å². The lowest BCUT2D eigenvalue weighted by atomic mass is 10.1. The van der Waals surface area contributed by atoms with Crippen LogP contribution in [0.3, 0.4) is 0 Å². The van der Waals surface area contributed by atoms with Crippen LogP contribution < -0.4 is 5.73 Å². The molecule has 3 rings (SSSR count). The number of likely N-dealkylation sites (tertiary alicyclic amines) is 1. The van der Waals surface area contributed by atoms with E-state index in [0.717, 1.165) is 12.1 Å². The van der Waals surface area contributed by atoms with Crippen LogP contribution in [-0.2, 0) is 0 Å². The minimum absolute atomic E-state index is 0.0122. The number of aromatic nitrogens is 1. The smallest absolute Gasteiger partial charge is 0.180 e. The third-order valence-electron chi connectivity index (χ3n) is 3.47. The average molecular weight is 292 g/mol. The van der Waals surface area contributed by atoms with Gasteiger partial charge in [-0.1, -0.05) is 12.1 Å². The molecule has 6 heteroatoms. The first-order valence-electron chi connectivity index (χ1n) is 6.37. The predicted octanol–water partition coefficient (Wildman–Crippen LogP) is 2.51. The Morgan fingerprint density at radius 1 is 1.50 bits per heavy atom. The SMILES string of the molecule is Nc1nc(C2C[CH]CN2[C@H](O)c2cccc(F)c2)cs1.